The molecule has 70 valence electrons. The van der Waals surface area contributed by atoms with Gasteiger partial charge in [-0.25, -0.2) is 4.79 Å². The Bertz CT molecular complexity index is 451. The summed E-state index contributed by atoms with van der Waals surface area (Å²) in [6.07, 6.45) is 1.16. The first-order valence-electron chi connectivity index (χ1n) is 3.88. The van der Waals surface area contributed by atoms with E-state index in [9.17, 15) is 4.79 Å². The zero-order valence-corrected chi connectivity index (χ0v) is 7.04. The molecule has 0 aliphatic carbocycles. The van der Waals surface area contributed by atoms with Crippen LogP contribution in [0.15, 0.2) is 35.1 Å². The molecule has 0 unspecified atom stereocenters. The minimum atomic E-state index is -1.01. The SMILES string of the molecule is O=C(O)c1ccccc1-c1nnco1. The highest BCUT2D eigenvalue weighted by Gasteiger charge is 2.13. The monoisotopic (exact) mass is 190 g/mol. The van der Waals surface area contributed by atoms with Crippen molar-refractivity contribution < 1.29 is 14.3 Å². The summed E-state index contributed by atoms with van der Waals surface area (Å²) >= 11 is 0. The standard InChI is InChI=1S/C9H6N2O3/c12-9(13)7-4-2-1-3-6(7)8-11-10-5-14-8/h1-5H,(H,12,13). The minimum Gasteiger partial charge on any atom is -0.478 e. The molecular weight excluding hydrogens is 184 g/mol. The molecule has 1 aromatic heterocycles. The van der Waals surface area contributed by atoms with Crippen LogP contribution in [0.4, 0.5) is 0 Å². The van der Waals surface area contributed by atoms with Gasteiger partial charge in [0.2, 0.25) is 12.3 Å². The highest BCUT2D eigenvalue weighted by atomic mass is 16.4. The van der Waals surface area contributed by atoms with Crippen molar-refractivity contribution in [3.8, 4) is 11.5 Å². The Kier molecular flexibility index (Phi) is 1.98. The fraction of sp³-hybridized carbons (Fsp3) is 0. The Morgan fingerprint density at radius 2 is 2.14 bits per heavy atom. The van der Waals surface area contributed by atoms with Gasteiger partial charge in [-0.2, -0.15) is 0 Å². The topological polar surface area (TPSA) is 76.2 Å². The third-order valence-electron chi connectivity index (χ3n) is 1.75. The molecule has 1 N–H and O–H groups in total. The molecule has 2 rings (SSSR count). The Hall–Kier alpha value is -2.17. The molecule has 0 aliphatic heterocycles. The van der Waals surface area contributed by atoms with Gasteiger partial charge < -0.3 is 9.52 Å². The van der Waals surface area contributed by atoms with Crippen molar-refractivity contribution in [2.24, 2.45) is 0 Å². The van der Waals surface area contributed by atoms with Crippen LogP contribution in [-0.4, -0.2) is 21.3 Å². The number of rotatable bonds is 2. The second-order valence-corrected chi connectivity index (χ2v) is 2.59. The average molecular weight is 190 g/mol. The van der Waals surface area contributed by atoms with Crippen LogP contribution >= 0.6 is 0 Å². The fourth-order valence-electron chi connectivity index (χ4n) is 1.15. The van der Waals surface area contributed by atoms with E-state index in [-0.39, 0.29) is 11.5 Å². The van der Waals surface area contributed by atoms with E-state index >= 15 is 0 Å². The predicted molar refractivity (Wildman–Crippen MR) is 46.7 cm³/mol. The van der Waals surface area contributed by atoms with Crippen LogP contribution < -0.4 is 0 Å². The van der Waals surface area contributed by atoms with Crippen molar-refractivity contribution in [1.82, 2.24) is 10.2 Å². The number of aromatic nitrogens is 2. The summed E-state index contributed by atoms with van der Waals surface area (Å²) in [7, 11) is 0. The highest BCUT2D eigenvalue weighted by Crippen LogP contribution is 2.20. The van der Waals surface area contributed by atoms with E-state index in [1.807, 2.05) is 0 Å². The maximum Gasteiger partial charge on any atom is 0.336 e. The Morgan fingerprint density at radius 1 is 1.36 bits per heavy atom. The Labute approximate surface area is 79.0 Å². The summed E-state index contributed by atoms with van der Waals surface area (Å²) in [4.78, 5) is 10.8. The van der Waals surface area contributed by atoms with Crippen LogP contribution in [0.25, 0.3) is 11.5 Å². The van der Waals surface area contributed by atoms with Crippen molar-refractivity contribution >= 4 is 5.97 Å². The quantitative estimate of drug-likeness (QED) is 0.775. The number of aromatic carboxylic acids is 1. The summed E-state index contributed by atoms with van der Waals surface area (Å²) in [6.45, 7) is 0. The van der Waals surface area contributed by atoms with Crippen LogP contribution in [-0.2, 0) is 0 Å². The number of hydrogen-bond acceptors (Lipinski definition) is 4. The van der Waals surface area contributed by atoms with Crippen LogP contribution in [0, 0.1) is 0 Å². The molecule has 0 bridgehead atoms. The molecule has 0 fully saturated rings. The number of carbonyl (C=O) groups is 1. The molecule has 0 spiro atoms. The molecule has 5 heteroatoms. The lowest BCUT2D eigenvalue weighted by Gasteiger charge is -1.99. The van der Waals surface area contributed by atoms with Crippen LogP contribution in [0.3, 0.4) is 0 Å². The first-order valence-corrected chi connectivity index (χ1v) is 3.88. The minimum absolute atomic E-state index is 0.150. The molecule has 0 atom stereocenters. The van der Waals surface area contributed by atoms with Crippen LogP contribution in [0.2, 0.25) is 0 Å². The number of hydrogen-bond donors (Lipinski definition) is 1. The van der Waals surface area contributed by atoms with E-state index in [2.05, 4.69) is 10.2 Å². The van der Waals surface area contributed by atoms with E-state index in [4.69, 9.17) is 9.52 Å². The third-order valence-corrected chi connectivity index (χ3v) is 1.75. The lowest BCUT2D eigenvalue weighted by atomic mass is 10.1. The third kappa shape index (κ3) is 1.35. The highest BCUT2D eigenvalue weighted by molar-refractivity contribution is 5.94. The molecule has 0 amide bonds. The molecule has 0 radical (unpaired) electrons. The van der Waals surface area contributed by atoms with Gasteiger partial charge in [0, 0.05) is 0 Å². The van der Waals surface area contributed by atoms with Crippen molar-refractivity contribution in [1.29, 1.82) is 0 Å². The molecule has 1 aromatic carbocycles. The molecule has 5 nitrogen and oxygen atoms in total. The van der Waals surface area contributed by atoms with E-state index in [0.29, 0.717) is 5.56 Å². The molecular formula is C9H6N2O3. The first kappa shape index (κ1) is 8.43. The smallest absolute Gasteiger partial charge is 0.336 e. The van der Waals surface area contributed by atoms with Crippen molar-refractivity contribution in [2.45, 2.75) is 0 Å². The van der Waals surface area contributed by atoms with Gasteiger partial charge in [0.25, 0.3) is 0 Å². The average Bonchev–Trinajstić information content (AvgIpc) is 2.70. The Balaban J connectivity index is 2.58. The molecule has 0 saturated carbocycles. The number of benzene rings is 1. The second kappa shape index (κ2) is 3.29. The summed E-state index contributed by atoms with van der Waals surface area (Å²) in [5.41, 5.74) is 0.578. The number of carboxylic acids is 1. The maximum absolute atomic E-state index is 10.8. The number of nitrogens with zero attached hydrogens (tertiary/aromatic N) is 2. The number of carboxylic acid groups (broad SMARTS) is 1. The zero-order valence-electron chi connectivity index (χ0n) is 7.04. The lowest BCUT2D eigenvalue weighted by molar-refractivity contribution is 0.0697. The van der Waals surface area contributed by atoms with Gasteiger partial charge >= 0.3 is 5.97 Å². The van der Waals surface area contributed by atoms with Gasteiger partial charge in [-0.3, -0.25) is 0 Å². The van der Waals surface area contributed by atoms with Gasteiger partial charge in [-0.1, -0.05) is 12.1 Å². The fourth-order valence-corrected chi connectivity index (χ4v) is 1.15. The first-order chi connectivity index (χ1) is 6.79. The van der Waals surface area contributed by atoms with Gasteiger partial charge in [0.15, 0.2) is 0 Å². The van der Waals surface area contributed by atoms with Gasteiger partial charge in [0.05, 0.1) is 11.1 Å². The molecule has 2 aromatic rings. The van der Waals surface area contributed by atoms with Crippen molar-refractivity contribution in [2.75, 3.05) is 0 Å². The van der Waals surface area contributed by atoms with Gasteiger partial charge in [0.1, 0.15) is 0 Å². The van der Waals surface area contributed by atoms with Gasteiger partial charge in [-0.05, 0) is 12.1 Å². The summed E-state index contributed by atoms with van der Waals surface area (Å²) < 4.78 is 4.92. The second-order valence-electron chi connectivity index (χ2n) is 2.59. The normalized spacial score (nSPS) is 10.0. The summed E-state index contributed by atoms with van der Waals surface area (Å²) in [5.74, 6) is -0.804. The van der Waals surface area contributed by atoms with Crippen molar-refractivity contribution in [3.05, 3.63) is 36.2 Å². The lowest BCUT2D eigenvalue weighted by Crippen LogP contribution is -1.98. The Morgan fingerprint density at radius 3 is 2.79 bits per heavy atom. The van der Waals surface area contributed by atoms with E-state index < -0.39 is 5.97 Å². The predicted octanol–water partition coefficient (Wildman–Crippen LogP) is 1.43. The molecule has 14 heavy (non-hydrogen) atoms. The van der Waals surface area contributed by atoms with Crippen molar-refractivity contribution in [3.63, 3.8) is 0 Å². The molecule has 0 saturated heterocycles. The largest absolute Gasteiger partial charge is 0.478 e. The van der Waals surface area contributed by atoms with E-state index in [0.717, 1.165) is 6.39 Å². The summed E-state index contributed by atoms with van der Waals surface area (Å²) in [5, 5.41) is 16.0. The van der Waals surface area contributed by atoms with Gasteiger partial charge in [-0.15, -0.1) is 10.2 Å². The van der Waals surface area contributed by atoms with Crippen LogP contribution in [0.1, 0.15) is 10.4 Å². The maximum atomic E-state index is 10.8. The van der Waals surface area contributed by atoms with E-state index in [1.54, 1.807) is 18.2 Å². The molecule has 1 heterocycles. The van der Waals surface area contributed by atoms with Crippen LogP contribution in [0.5, 0.6) is 0 Å². The molecule has 0 aliphatic rings. The van der Waals surface area contributed by atoms with E-state index in [1.165, 1.54) is 6.07 Å². The zero-order chi connectivity index (χ0) is 9.97. The summed E-state index contributed by atoms with van der Waals surface area (Å²) in [6, 6.07) is 6.47.